The molecule has 0 bridgehead atoms. The van der Waals surface area contributed by atoms with Crippen molar-refractivity contribution < 1.29 is 9.53 Å². The third kappa shape index (κ3) is 2.59. The number of carbonyl (C=O) groups excluding carboxylic acids is 1. The summed E-state index contributed by atoms with van der Waals surface area (Å²) in [6, 6.07) is 5.37. The monoisotopic (exact) mass is 343 g/mol. The van der Waals surface area contributed by atoms with Crippen molar-refractivity contribution in [1.82, 2.24) is 14.7 Å². The number of aromatic nitrogens is 2. The molecule has 6 nitrogen and oxygen atoms in total. The standard InChI is InChI=1S/C17H17N3O3S/c1-10-4-2-6-20-14(10)19-16-12(17(20)22)8-13(24-16)15(21)18-9-11-5-3-7-23-11/h2,4,6,8,11H,3,5,7,9H2,1H3,(H,18,21)/t11-/m1/s1. The molecule has 24 heavy (non-hydrogen) atoms. The Morgan fingerprint density at radius 1 is 1.54 bits per heavy atom. The summed E-state index contributed by atoms with van der Waals surface area (Å²) < 4.78 is 7.03. The number of hydrogen-bond donors (Lipinski definition) is 1. The van der Waals surface area contributed by atoms with Crippen molar-refractivity contribution >= 4 is 33.1 Å². The van der Waals surface area contributed by atoms with Crippen molar-refractivity contribution in [3.8, 4) is 0 Å². The fourth-order valence-electron chi connectivity index (χ4n) is 2.97. The predicted molar refractivity (Wildman–Crippen MR) is 92.9 cm³/mol. The number of nitrogens with one attached hydrogen (secondary N) is 1. The van der Waals surface area contributed by atoms with E-state index in [4.69, 9.17) is 4.74 Å². The lowest BCUT2D eigenvalue weighted by atomic mass is 10.2. The molecule has 3 aromatic rings. The number of ether oxygens (including phenoxy) is 1. The smallest absolute Gasteiger partial charge is 0.266 e. The Balaban J connectivity index is 1.68. The molecule has 4 rings (SSSR count). The molecule has 0 radical (unpaired) electrons. The molecule has 0 spiro atoms. The van der Waals surface area contributed by atoms with Gasteiger partial charge in [-0.25, -0.2) is 4.98 Å². The molecule has 124 valence electrons. The van der Waals surface area contributed by atoms with E-state index < -0.39 is 0 Å². The van der Waals surface area contributed by atoms with Crippen LogP contribution in [0.3, 0.4) is 0 Å². The number of rotatable bonds is 3. The highest BCUT2D eigenvalue weighted by Gasteiger charge is 2.19. The SMILES string of the molecule is Cc1cccn2c(=O)c3cc(C(=O)NC[C@H]4CCCO4)sc3nc12. The third-order valence-electron chi connectivity index (χ3n) is 4.27. The Hall–Kier alpha value is -2.25. The van der Waals surface area contributed by atoms with Crippen LogP contribution in [0.5, 0.6) is 0 Å². The molecular formula is C17H17N3O3S. The first-order chi connectivity index (χ1) is 11.6. The highest BCUT2D eigenvalue weighted by atomic mass is 32.1. The summed E-state index contributed by atoms with van der Waals surface area (Å²) in [5.74, 6) is -0.182. The first-order valence-corrected chi connectivity index (χ1v) is 8.76. The number of hydrogen-bond acceptors (Lipinski definition) is 5. The van der Waals surface area contributed by atoms with Gasteiger partial charge in [0.15, 0.2) is 0 Å². The van der Waals surface area contributed by atoms with E-state index in [1.54, 1.807) is 12.3 Å². The summed E-state index contributed by atoms with van der Waals surface area (Å²) in [6.45, 7) is 3.17. The summed E-state index contributed by atoms with van der Waals surface area (Å²) in [4.78, 5) is 30.6. The molecule has 0 unspecified atom stereocenters. The Morgan fingerprint density at radius 3 is 3.21 bits per heavy atom. The Kier molecular flexibility index (Phi) is 3.82. The third-order valence-corrected chi connectivity index (χ3v) is 5.30. The summed E-state index contributed by atoms with van der Waals surface area (Å²) in [5.41, 5.74) is 1.41. The topological polar surface area (TPSA) is 72.7 Å². The van der Waals surface area contributed by atoms with Gasteiger partial charge >= 0.3 is 0 Å². The van der Waals surface area contributed by atoms with Crippen LogP contribution in [-0.4, -0.2) is 34.5 Å². The van der Waals surface area contributed by atoms with Gasteiger partial charge in [0.1, 0.15) is 10.5 Å². The van der Waals surface area contributed by atoms with Crippen molar-refractivity contribution in [1.29, 1.82) is 0 Å². The molecule has 0 aliphatic carbocycles. The van der Waals surface area contributed by atoms with Crippen LogP contribution in [-0.2, 0) is 4.74 Å². The second-order valence-electron chi connectivity index (χ2n) is 5.98. The van der Waals surface area contributed by atoms with E-state index in [0.29, 0.717) is 27.3 Å². The first-order valence-electron chi connectivity index (χ1n) is 7.95. The van der Waals surface area contributed by atoms with Gasteiger partial charge in [-0.2, -0.15) is 0 Å². The van der Waals surface area contributed by atoms with Gasteiger partial charge in [0.2, 0.25) is 0 Å². The fourth-order valence-corrected chi connectivity index (χ4v) is 3.91. The van der Waals surface area contributed by atoms with Gasteiger partial charge in [-0.1, -0.05) is 6.07 Å². The molecule has 1 aliphatic heterocycles. The summed E-state index contributed by atoms with van der Waals surface area (Å²) in [5, 5.41) is 3.36. The van der Waals surface area contributed by atoms with E-state index in [9.17, 15) is 9.59 Å². The van der Waals surface area contributed by atoms with E-state index in [0.717, 1.165) is 25.0 Å². The number of amides is 1. The summed E-state index contributed by atoms with van der Waals surface area (Å²) >= 11 is 1.25. The summed E-state index contributed by atoms with van der Waals surface area (Å²) in [6.07, 6.45) is 3.81. The van der Waals surface area contributed by atoms with Crippen LogP contribution in [0, 0.1) is 6.92 Å². The van der Waals surface area contributed by atoms with Crippen molar-refractivity contribution in [2.75, 3.05) is 13.2 Å². The van der Waals surface area contributed by atoms with Crippen LogP contribution in [0.2, 0.25) is 0 Å². The molecule has 1 N–H and O–H groups in total. The molecule has 0 aromatic carbocycles. The average Bonchev–Trinajstić information content (AvgIpc) is 3.23. The van der Waals surface area contributed by atoms with Crippen LogP contribution in [0.25, 0.3) is 15.9 Å². The van der Waals surface area contributed by atoms with Crippen molar-refractivity contribution in [3.63, 3.8) is 0 Å². The Labute approximate surface area is 142 Å². The van der Waals surface area contributed by atoms with E-state index in [1.807, 2.05) is 19.1 Å². The maximum Gasteiger partial charge on any atom is 0.266 e. The molecular weight excluding hydrogens is 326 g/mol. The van der Waals surface area contributed by atoms with Gasteiger partial charge < -0.3 is 10.1 Å². The van der Waals surface area contributed by atoms with Gasteiger partial charge in [-0.3, -0.25) is 14.0 Å². The number of carbonyl (C=O) groups is 1. The molecule has 1 aliphatic rings. The highest BCUT2D eigenvalue weighted by Crippen LogP contribution is 2.23. The van der Waals surface area contributed by atoms with E-state index in [2.05, 4.69) is 10.3 Å². The number of fused-ring (bicyclic) bond motifs is 2. The van der Waals surface area contributed by atoms with Crippen LogP contribution in [0.4, 0.5) is 0 Å². The zero-order valence-electron chi connectivity index (χ0n) is 13.2. The zero-order chi connectivity index (χ0) is 16.7. The molecule has 1 fully saturated rings. The summed E-state index contributed by atoms with van der Waals surface area (Å²) in [7, 11) is 0. The van der Waals surface area contributed by atoms with Crippen LogP contribution in [0.1, 0.15) is 28.1 Å². The average molecular weight is 343 g/mol. The van der Waals surface area contributed by atoms with Crippen molar-refractivity contribution in [2.24, 2.45) is 0 Å². The second-order valence-corrected chi connectivity index (χ2v) is 7.01. The van der Waals surface area contributed by atoms with Gasteiger partial charge in [-0.05, 0) is 37.5 Å². The van der Waals surface area contributed by atoms with E-state index >= 15 is 0 Å². The van der Waals surface area contributed by atoms with E-state index in [-0.39, 0.29) is 17.6 Å². The Bertz CT molecular complexity index is 986. The van der Waals surface area contributed by atoms with Crippen LogP contribution >= 0.6 is 11.3 Å². The first kappa shape index (κ1) is 15.3. The number of aryl methyl sites for hydroxylation is 1. The minimum Gasteiger partial charge on any atom is -0.376 e. The second kappa shape index (κ2) is 5.99. The Morgan fingerprint density at radius 2 is 2.42 bits per heavy atom. The lowest BCUT2D eigenvalue weighted by Crippen LogP contribution is -2.31. The zero-order valence-corrected chi connectivity index (χ0v) is 14.1. The van der Waals surface area contributed by atoms with Gasteiger partial charge in [-0.15, -0.1) is 11.3 Å². The largest absolute Gasteiger partial charge is 0.376 e. The van der Waals surface area contributed by atoms with Gasteiger partial charge in [0.25, 0.3) is 11.5 Å². The molecule has 0 saturated carbocycles. The molecule has 3 aromatic heterocycles. The number of nitrogens with zero attached hydrogens (tertiary/aromatic N) is 2. The van der Waals surface area contributed by atoms with Gasteiger partial charge in [0.05, 0.1) is 16.4 Å². The van der Waals surface area contributed by atoms with E-state index in [1.165, 1.54) is 15.7 Å². The molecule has 1 atom stereocenters. The highest BCUT2D eigenvalue weighted by molar-refractivity contribution is 7.20. The van der Waals surface area contributed by atoms with Crippen LogP contribution < -0.4 is 10.9 Å². The number of pyridine rings is 1. The van der Waals surface area contributed by atoms with Crippen molar-refractivity contribution in [3.05, 3.63) is 45.2 Å². The van der Waals surface area contributed by atoms with Gasteiger partial charge in [0, 0.05) is 19.3 Å². The number of thiophene rings is 1. The lowest BCUT2D eigenvalue weighted by Gasteiger charge is -2.09. The molecule has 1 amide bonds. The predicted octanol–water partition coefficient (Wildman–Crippen LogP) is 2.13. The molecule has 1 saturated heterocycles. The quantitative estimate of drug-likeness (QED) is 0.791. The maximum atomic E-state index is 12.6. The molecule has 4 heterocycles. The fraction of sp³-hybridized carbons (Fsp3) is 0.353. The minimum absolute atomic E-state index is 0.0947. The molecule has 7 heteroatoms. The van der Waals surface area contributed by atoms with Crippen LogP contribution in [0.15, 0.2) is 29.2 Å². The lowest BCUT2D eigenvalue weighted by molar-refractivity contribution is 0.0861. The normalized spacial score (nSPS) is 17.6. The van der Waals surface area contributed by atoms with Crippen molar-refractivity contribution in [2.45, 2.75) is 25.9 Å². The minimum atomic E-state index is -0.182. The maximum absolute atomic E-state index is 12.6.